The lowest BCUT2D eigenvalue weighted by atomic mass is 10.2. The Hall–Kier alpha value is -1.26. The molecular weight excluding hydrogens is 206 g/mol. The molecule has 1 aliphatic rings. The number of likely N-dealkylation sites (tertiary alicyclic amines) is 1. The Kier molecular flexibility index (Phi) is 3.31. The number of β-amino-alcohol motifs (C(OH)–C–C–N with tert-alkyl or cyclic N) is 1. The van der Waals surface area contributed by atoms with Gasteiger partial charge in [-0.3, -0.25) is 4.90 Å². The summed E-state index contributed by atoms with van der Waals surface area (Å²) < 4.78 is 11.0. The zero-order valence-corrected chi connectivity index (χ0v) is 9.59. The summed E-state index contributed by atoms with van der Waals surface area (Å²) >= 11 is 0. The minimum Gasteiger partial charge on any atom is -0.493 e. The van der Waals surface area contributed by atoms with Gasteiger partial charge in [0.05, 0.1) is 7.11 Å². The van der Waals surface area contributed by atoms with Crippen molar-refractivity contribution in [3.8, 4) is 11.5 Å². The molecule has 0 aromatic heterocycles. The van der Waals surface area contributed by atoms with Gasteiger partial charge in [-0.15, -0.1) is 0 Å². The third kappa shape index (κ3) is 2.28. The normalized spacial score (nSPS) is 25.7. The van der Waals surface area contributed by atoms with E-state index in [2.05, 4.69) is 0 Å². The smallest absolute Gasteiger partial charge is 0.161 e. The number of aliphatic hydroxyl groups excluding tert-OH is 1. The number of nitrogens with zero attached hydrogens (tertiary/aromatic N) is 1. The monoisotopic (exact) mass is 223 g/mol. The molecule has 0 amide bonds. The maximum atomic E-state index is 9.78. The lowest BCUT2D eigenvalue weighted by molar-refractivity contribution is 0.0718. The summed E-state index contributed by atoms with van der Waals surface area (Å²) in [5, 5.41) is 9.78. The second kappa shape index (κ2) is 4.72. The summed E-state index contributed by atoms with van der Waals surface area (Å²) in [6, 6.07) is 7.48. The van der Waals surface area contributed by atoms with Gasteiger partial charge in [-0.05, 0) is 19.2 Å². The van der Waals surface area contributed by atoms with Crippen LogP contribution in [0.15, 0.2) is 24.3 Å². The minimum absolute atomic E-state index is 0.179. The van der Waals surface area contributed by atoms with Crippen LogP contribution < -0.4 is 9.47 Å². The van der Waals surface area contributed by atoms with E-state index < -0.39 is 6.10 Å². The summed E-state index contributed by atoms with van der Waals surface area (Å²) in [5.74, 6) is 1.38. The first-order valence-corrected chi connectivity index (χ1v) is 5.37. The Labute approximate surface area is 95.4 Å². The molecule has 1 aromatic rings. The lowest BCUT2D eigenvalue weighted by Crippen LogP contribution is -2.29. The molecule has 1 N–H and O–H groups in total. The van der Waals surface area contributed by atoms with Gasteiger partial charge in [0.2, 0.25) is 0 Å². The van der Waals surface area contributed by atoms with Gasteiger partial charge in [0, 0.05) is 13.1 Å². The first-order valence-electron chi connectivity index (χ1n) is 5.37. The number of benzene rings is 1. The van der Waals surface area contributed by atoms with E-state index in [1.54, 1.807) is 7.11 Å². The van der Waals surface area contributed by atoms with Crippen molar-refractivity contribution in [2.24, 2.45) is 0 Å². The maximum absolute atomic E-state index is 9.78. The summed E-state index contributed by atoms with van der Waals surface area (Å²) in [6.07, 6.45) is -0.615. The van der Waals surface area contributed by atoms with E-state index >= 15 is 0 Å². The predicted octanol–water partition coefficient (Wildman–Crippen LogP) is 0.749. The molecule has 4 nitrogen and oxygen atoms in total. The van der Waals surface area contributed by atoms with Crippen LogP contribution in [0.3, 0.4) is 0 Å². The summed E-state index contributed by atoms with van der Waals surface area (Å²) in [4.78, 5) is 2.05. The predicted molar refractivity (Wildman–Crippen MR) is 60.9 cm³/mol. The highest BCUT2D eigenvalue weighted by atomic mass is 16.5. The highest BCUT2D eigenvalue weighted by Gasteiger charge is 2.31. The molecule has 0 aliphatic carbocycles. The van der Waals surface area contributed by atoms with Crippen LogP contribution in [-0.2, 0) is 0 Å². The number of hydrogen-bond donors (Lipinski definition) is 1. The minimum atomic E-state index is -0.435. The molecule has 2 atom stereocenters. The number of hydrogen-bond acceptors (Lipinski definition) is 4. The number of ether oxygens (including phenoxy) is 2. The van der Waals surface area contributed by atoms with E-state index in [0.717, 1.165) is 6.54 Å². The largest absolute Gasteiger partial charge is 0.493 e. The molecule has 0 saturated carbocycles. The number of para-hydroxylation sites is 2. The molecule has 0 spiro atoms. The van der Waals surface area contributed by atoms with E-state index in [1.165, 1.54) is 0 Å². The highest BCUT2D eigenvalue weighted by molar-refractivity contribution is 5.39. The average molecular weight is 223 g/mol. The second-order valence-corrected chi connectivity index (χ2v) is 4.10. The standard InChI is InChI=1S/C12H17NO3/c1-13-7-9(14)12(8-13)16-11-6-4-3-5-10(11)15-2/h3-6,9,12,14H,7-8H2,1-2H3. The zero-order chi connectivity index (χ0) is 11.5. The molecule has 1 saturated heterocycles. The van der Waals surface area contributed by atoms with Crippen LogP contribution in [-0.4, -0.2) is 49.5 Å². The molecule has 1 heterocycles. The van der Waals surface area contributed by atoms with E-state index in [1.807, 2.05) is 36.2 Å². The number of likely N-dealkylation sites (N-methyl/N-ethyl adjacent to an activating group) is 1. The fraction of sp³-hybridized carbons (Fsp3) is 0.500. The van der Waals surface area contributed by atoms with E-state index in [9.17, 15) is 5.11 Å². The van der Waals surface area contributed by atoms with Crippen LogP contribution in [0.4, 0.5) is 0 Å². The Bertz CT molecular complexity index is 356. The summed E-state index contributed by atoms with van der Waals surface area (Å²) in [6.45, 7) is 1.39. The number of aliphatic hydroxyl groups is 1. The van der Waals surface area contributed by atoms with Crippen molar-refractivity contribution in [2.75, 3.05) is 27.2 Å². The van der Waals surface area contributed by atoms with Gasteiger partial charge >= 0.3 is 0 Å². The first kappa shape index (κ1) is 11.2. The van der Waals surface area contributed by atoms with Crippen LogP contribution in [0.5, 0.6) is 11.5 Å². The third-order valence-corrected chi connectivity index (χ3v) is 2.77. The Morgan fingerprint density at radius 2 is 1.94 bits per heavy atom. The van der Waals surface area contributed by atoms with Crippen molar-refractivity contribution in [2.45, 2.75) is 12.2 Å². The highest BCUT2D eigenvalue weighted by Crippen LogP contribution is 2.28. The van der Waals surface area contributed by atoms with E-state index in [4.69, 9.17) is 9.47 Å². The molecule has 88 valence electrons. The molecule has 2 unspecified atom stereocenters. The van der Waals surface area contributed by atoms with Gasteiger partial charge in [0.25, 0.3) is 0 Å². The fourth-order valence-electron chi connectivity index (χ4n) is 1.94. The summed E-state index contributed by atoms with van der Waals surface area (Å²) in [7, 11) is 3.58. The topological polar surface area (TPSA) is 41.9 Å². The molecule has 0 bridgehead atoms. The van der Waals surface area contributed by atoms with Gasteiger partial charge in [0.15, 0.2) is 11.5 Å². The van der Waals surface area contributed by atoms with Crippen LogP contribution in [0.2, 0.25) is 0 Å². The summed E-state index contributed by atoms with van der Waals surface area (Å²) in [5.41, 5.74) is 0. The van der Waals surface area contributed by atoms with E-state index in [-0.39, 0.29) is 6.10 Å². The van der Waals surface area contributed by atoms with Gasteiger partial charge in [-0.25, -0.2) is 0 Å². The molecule has 0 radical (unpaired) electrons. The maximum Gasteiger partial charge on any atom is 0.161 e. The van der Waals surface area contributed by atoms with Crippen molar-refractivity contribution >= 4 is 0 Å². The number of methoxy groups -OCH3 is 1. The van der Waals surface area contributed by atoms with Crippen LogP contribution in [0.1, 0.15) is 0 Å². The third-order valence-electron chi connectivity index (χ3n) is 2.77. The Morgan fingerprint density at radius 3 is 2.50 bits per heavy atom. The fourth-order valence-corrected chi connectivity index (χ4v) is 1.94. The van der Waals surface area contributed by atoms with E-state index in [0.29, 0.717) is 18.0 Å². The molecule has 1 aliphatic heterocycles. The molecular formula is C12H17NO3. The van der Waals surface area contributed by atoms with Gasteiger partial charge in [-0.2, -0.15) is 0 Å². The van der Waals surface area contributed by atoms with Crippen molar-refractivity contribution in [1.29, 1.82) is 0 Å². The quantitative estimate of drug-likeness (QED) is 0.821. The Morgan fingerprint density at radius 1 is 1.25 bits per heavy atom. The molecule has 2 rings (SSSR count). The van der Waals surface area contributed by atoms with Gasteiger partial charge in [-0.1, -0.05) is 12.1 Å². The van der Waals surface area contributed by atoms with Crippen molar-refractivity contribution in [3.63, 3.8) is 0 Å². The zero-order valence-electron chi connectivity index (χ0n) is 9.59. The lowest BCUT2D eigenvalue weighted by Gasteiger charge is -2.18. The van der Waals surface area contributed by atoms with Crippen molar-refractivity contribution in [1.82, 2.24) is 4.90 Å². The molecule has 4 heteroatoms. The Balaban J connectivity index is 2.09. The van der Waals surface area contributed by atoms with Gasteiger partial charge in [0.1, 0.15) is 12.2 Å². The van der Waals surface area contributed by atoms with Crippen LogP contribution in [0.25, 0.3) is 0 Å². The second-order valence-electron chi connectivity index (χ2n) is 4.10. The SMILES string of the molecule is COc1ccccc1OC1CN(C)CC1O. The number of rotatable bonds is 3. The molecule has 1 fully saturated rings. The van der Waals surface area contributed by atoms with Crippen molar-refractivity contribution in [3.05, 3.63) is 24.3 Å². The average Bonchev–Trinajstić information content (AvgIpc) is 2.58. The van der Waals surface area contributed by atoms with Gasteiger partial charge < -0.3 is 14.6 Å². The first-order chi connectivity index (χ1) is 7.70. The van der Waals surface area contributed by atoms with Crippen LogP contribution >= 0.6 is 0 Å². The van der Waals surface area contributed by atoms with Crippen molar-refractivity contribution < 1.29 is 14.6 Å². The molecule has 16 heavy (non-hydrogen) atoms. The van der Waals surface area contributed by atoms with Crippen LogP contribution in [0, 0.1) is 0 Å². The molecule has 1 aromatic carbocycles.